The Morgan fingerprint density at radius 3 is 2.74 bits per heavy atom. The quantitative estimate of drug-likeness (QED) is 0.846. The third-order valence-corrected chi connectivity index (χ3v) is 5.38. The van der Waals surface area contributed by atoms with Crippen molar-refractivity contribution < 1.29 is 4.74 Å². The number of nitrogens with one attached hydrogen (secondary N) is 1. The highest BCUT2D eigenvalue weighted by Gasteiger charge is 2.41. The summed E-state index contributed by atoms with van der Waals surface area (Å²) < 4.78 is 6.35. The van der Waals surface area contributed by atoms with Gasteiger partial charge in [-0.05, 0) is 64.6 Å². The van der Waals surface area contributed by atoms with Gasteiger partial charge in [-0.2, -0.15) is 0 Å². The Morgan fingerprint density at radius 2 is 1.95 bits per heavy atom. The molecule has 2 saturated heterocycles. The molecule has 1 saturated carbocycles. The molecular formula is C16H30N2O. The molecule has 2 heterocycles. The van der Waals surface area contributed by atoms with E-state index in [4.69, 9.17) is 4.74 Å². The average molecular weight is 266 g/mol. The highest BCUT2D eigenvalue weighted by molar-refractivity contribution is 4.93. The van der Waals surface area contributed by atoms with Crippen molar-refractivity contribution in [3.8, 4) is 0 Å². The zero-order valence-electron chi connectivity index (χ0n) is 12.5. The van der Waals surface area contributed by atoms with E-state index < -0.39 is 0 Å². The molecule has 3 aliphatic rings. The zero-order chi connectivity index (χ0) is 13.1. The summed E-state index contributed by atoms with van der Waals surface area (Å²) in [5.74, 6) is 0.848. The Bertz CT molecular complexity index is 288. The van der Waals surface area contributed by atoms with Crippen LogP contribution in [0.4, 0.5) is 0 Å². The second-order valence-electron chi connectivity index (χ2n) is 7.10. The number of piperidine rings is 1. The molecule has 2 aliphatic heterocycles. The molecule has 1 N–H and O–H groups in total. The first-order valence-corrected chi connectivity index (χ1v) is 8.33. The van der Waals surface area contributed by atoms with Crippen LogP contribution in [0, 0.1) is 5.92 Å². The molecule has 2 unspecified atom stereocenters. The fourth-order valence-corrected chi connectivity index (χ4v) is 4.31. The molecule has 110 valence electrons. The summed E-state index contributed by atoms with van der Waals surface area (Å²) >= 11 is 0. The lowest BCUT2D eigenvalue weighted by atomic mass is 9.98. The Hall–Kier alpha value is -0.120. The van der Waals surface area contributed by atoms with Gasteiger partial charge in [0.05, 0.1) is 11.7 Å². The maximum atomic E-state index is 6.35. The van der Waals surface area contributed by atoms with Crippen LogP contribution in [0.2, 0.25) is 0 Å². The minimum absolute atomic E-state index is 0.303. The molecule has 1 aliphatic carbocycles. The Balaban J connectivity index is 1.34. The largest absolute Gasteiger partial charge is 0.370 e. The molecule has 3 nitrogen and oxygen atoms in total. The van der Waals surface area contributed by atoms with E-state index in [-0.39, 0.29) is 0 Å². The van der Waals surface area contributed by atoms with Gasteiger partial charge in [-0.15, -0.1) is 0 Å². The fourth-order valence-electron chi connectivity index (χ4n) is 4.31. The van der Waals surface area contributed by atoms with Gasteiger partial charge >= 0.3 is 0 Å². The van der Waals surface area contributed by atoms with Crippen molar-refractivity contribution in [3.05, 3.63) is 0 Å². The van der Waals surface area contributed by atoms with Crippen molar-refractivity contribution in [1.29, 1.82) is 0 Å². The van der Waals surface area contributed by atoms with E-state index in [1.54, 1.807) is 0 Å². The van der Waals surface area contributed by atoms with Crippen molar-refractivity contribution in [2.45, 2.75) is 63.1 Å². The second-order valence-corrected chi connectivity index (χ2v) is 7.10. The van der Waals surface area contributed by atoms with Crippen LogP contribution < -0.4 is 5.32 Å². The van der Waals surface area contributed by atoms with Crippen molar-refractivity contribution in [3.63, 3.8) is 0 Å². The first kappa shape index (κ1) is 13.8. The van der Waals surface area contributed by atoms with E-state index in [0.717, 1.165) is 12.5 Å². The molecular weight excluding hydrogens is 236 g/mol. The molecule has 0 amide bonds. The zero-order valence-corrected chi connectivity index (χ0v) is 12.5. The highest BCUT2D eigenvalue weighted by Crippen LogP contribution is 2.43. The fraction of sp³-hybridized carbons (Fsp3) is 1.00. The summed E-state index contributed by atoms with van der Waals surface area (Å²) in [5.41, 5.74) is 0.303. The average Bonchev–Trinajstić information content (AvgIpc) is 3.01. The summed E-state index contributed by atoms with van der Waals surface area (Å²) in [6.07, 6.45) is 11.2. The van der Waals surface area contributed by atoms with Crippen LogP contribution in [0.25, 0.3) is 0 Å². The number of rotatable bonds is 4. The summed E-state index contributed by atoms with van der Waals surface area (Å²) in [4.78, 5) is 2.47. The molecule has 19 heavy (non-hydrogen) atoms. The normalized spacial score (nSPS) is 35.2. The predicted molar refractivity (Wildman–Crippen MR) is 78.4 cm³/mol. The first-order chi connectivity index (χ1) is 9.26. The molecule has 1 spiro atoms. The molecule has 3 heteroatoms. The predicted octanol–water partition coefficient (Wildman–Crippen LogP) is 2.41. The lowest BCUT2D eigenvalue weighted by molar-refractivity contribution is -0.0354. The molecule has 0 radical (unpaired) electrons. The van der Waals surface area contributed by atoms with Crippen LogP contribution >= 0.6 is 0 Å². The Kier molecular flexibility index (Phi) is 4.45. The number of nitrogens with zero attached hydrogens (tertiary/aromatic N) is 1. The SMILES string of the molecule is CN1CCCC(CNCC2CCC3(CCCC3)O2)C1. The van der Waals surface area contributed by atoms with Gasteiger partial charge in [-0.1, -0.05) is 12.8 Å². The van der Waals surface area contributed by atoms with Crippen LogP contribution in [0.15, 0.2) is 0 Å². The third-order valence-electron chi connectivity index (χ3n) is 5.38. The highest BCUT2D eigenvalue weighted by atomic mass is 16.5. The van der Waals surface area contributed by atoms with Crippen LogP contribution in [0.3, 0.4) is 0 Å². The van der Waals surface area contributed by atoms with Crippen LogP contribution in [-0.4, -0.2) is 49.8 Å². The van der Waals surface area contributed by atoms with Gasteiger partial charge in [-0.25, -0.2) is 0 Å². The van der Waals surface area contributed by atoms with Gasteiger partial charge in [0.2, 0.25) is 0 Å². The minimum atomic E-state index is 0.303. The number of ether oxygens (including phenoxy) is 1. The number of hydrogen-bond donors (Lipinski definition) is 1. The maximum Gasteiger partial charge on any atom is 0.0708 e. The third kappa shape index (κ3) is 3.50. The number of likely N-dealkylation sites (tertiary alicyclic amines) is 1. The van der Waals surface area contributed by atoms with Crippen LogP contribution in [0.1, 0.15) is 51.4 Å². The molecule has 0 aromatic heterocycles. The van der Waals surface area contributed by atoms with Crippen molar-refractivity contribution in [1.82, 2.24) is 10.2 Å². The molecule has 3 rings (SSSR count). The Labute approximate surface area is 118 Å². The monoisotopic (exact) mass is 266 g/mol. The summed E-state index contributed by atoms with van der Waals surface area (Å²) in [5, 5.41) is 3.67. The van der Waals surface area contributed by atoms with E-state index in [2.05, 4.69) is 17.3 Å². The van der Waals surface area contributed by atoms with E-state index in [1.165, 1.54) is 71.0 Å². The van der Waals surface area contributed by atoms with Gasteiger partial charge in [0.25, 0.3) is 0 Å². The molecule has 2 atom stereocenters. The van der Waals surface area contributed by atoms with E-state index >= 15 is 0 Å². The molecule has 3 fully saturated rings. The van der Waals surface area contributed by atoms with Crippen molar-refractivity contribution >= 4 is 0 Å². The van der Waals surface area contributed by atoms with Crippen LogP contribution in [0.5, 0.6) is 0 Å². The van der Waals surface area contributed by atoms with Gasteiger partial charge in [0.15, 0.2) is 0 Å². The van der Waals surface area contributed by atoms with Gasteiger partial charge in [0.1, 0.15) is 0 Å². The van der Waals surface area contributed by atoms with Gasteiger partial charge < -0.3 is 15.0 Å². The first-order valence-electron chi connectivity index (χ1n) is 8.33. The standard InChI is InChI=1S/C16H30N2O/c1-18-10-4-5-14(13-18)11-17-12-15-6-9-16(19-15)7-2-3-8-16/h14-15,17H,2-13H2,1H3. The lowest BCUT2D eigenvalue weighted by Gasteiger charge is -2.30. The molecule has 0 bridgehead atoms. The Morgan fingerprint density at radius 1 is 1.11 bits per heavy atom. The van der Waals surface area contributed by atoms with E-state index in [0.29, 0.717) is 11.7 Å². The second kappa shape index (κ2) is 6.11. The topological polar surface area (TPSA) is 24.5 Å². The maximum absolute atomic E-state index is 6.35. The number of hydrogen-bond acceptors (Lipinski definition) is 3. The summed E-state index contributed by atoms with van der Waals surface area (Å²) in [7, 11) is 2.25. The van der Waals surface area contributed by atoms with Crippen molar-refractivity contribution in [2.75, 3.05) is 33.2 Å². The molecule has 0 aromatic rings. The summed E-state index contributed by atoms with van der Waals surface area (Å²) in [6, 6.07) is 0. The minimum Gasteiger partial charge on any atom is -0.370 e. The van der Waals surface area contributed by atoms with Crippen LogP contribution in [-0.2, 0) is 4.74 Å². The van der Waals surface area contributed by atoms with Gasteiger partial charge in [-0.3, -0.25) is 0 Å². The van der Waals surface area contributed by atoms with E-state index in [9.17, 15) is 0 Å². The smallest absolute Gasteiger partial charge is 0.0708 e. The molecule has 0 aromatic carbocycles. The summed E-state index contributed by atoms with van der Waals surface area (Å²) in [6.45, 7) is 4.80. The van der Waals surface area contributed by atoms with Gasteiger partial charge in [0, 0.05) is 13.1 Å². The van der Waals surface area contributed by atoms with E-state index in [1.807, 2.05) is 0 Å². The van der Waals surface area contributed by atoms with Crippen molar-refractivity contribution in [2.24, 2.45) is 5.92 Å². The lowest BCUT2D eigenvalue weighted by Crippen LogP contribution is -2.39.